The van der Waals surface area contributed by atoms with Crippen LogP contribution in [0, 0.1) is 0 Å². The molecule has 0 aromatic carbocycles. The highest BCUT2D eigenvalue weighted by Crippen LogP contribution is 2.28. The second-order valence-corrected chi connectivity index (χ2v) is 5.85. The maximum absolute atomic E-state index is 12.6. The predicted molar refractivity (Wildman–Crippen MR) is 93.0 cm³/mol. The summed E-state index contributed by atoms with van der Waals surface area (Å²) in [7, 11) is 0. The summed E-state index contributed by atoms with van der Waals surface area (Å²) in [6, 6.07) is 5.25. The van der Waals surface area contributed by atoms with Crippen LogP contribution < -0.4 is 4.74 Å². The number of rotatable bonds is 6. The molecule has 0 bridgehead atoms. The molecule has 144 valence electrons. The summed E-state index contributed by atoms with van der Waals surface area (Å²) in [5, 5.41) is 0. The van der Waals surface area contributed by atoms with Crippen molar-refractivity contribution < 1.29 is 22.7 Å². The van der Waals surface area contributed by atoms with E-state index >= 15 is 0 Å². The normalized spacial score (nSPS) is 11.3. The summed E-state index contributed by atoms with van der Waals surface area (Å²) in [6.07, 6.45) is 0.956. The second kappa shape index (κ2) is 8.12. The maximum Gasteiger partial charge on any atom is 0.417 e. The molecule has 0 saturated carbocycles. The third kappa shape index (κ3) is 4.87. The molecule has 3 aromatic heterocycles. The van der Waals surface area contributed by atoms with Crippen molar-refractivity contribution in [3.63, 3.8) is 0 Å². The highest BCUT2D eigenvalue weighted by Gasteiger charge is 2.30. The molecule has 3 aromatic rings. The van der Waals surface area contributed by atoms with Gasteiger partial charge in [0.25, 0.3) is 0 Å². The van der Waals surface area contributed by atoms with Crippen molar-refractivity contribution in [2.24, 2.45) is 0 Å². The maximum atomic E-state index is 12.6. The molecular weight excluding hydrogens is 373 g/mol. The van der Waals surface area contributed by atoms with E-state index in [-0.39, 0.29) is 23.6 Å². The third-order valence-corrected chi connectivity index (χ3v) is 3.77. The first-order chi connectivity index (χ1) is 13.3. The molecule has 0 radical (unpaired) electrons. The lowest BCUT2D eigenvalue weighted by Crippen LogP contribution is -2.10. The molecule has 0 unspecified atom stereocenters. The van der Waals surface area contributed by atoms with Gasteiger partial charge in [0.2, 0.25) is 0 Å². The number of ether oxygens (including phenoxy) is 1. The van der Waals surface area contributed by atoms with Gasteiger partial charge in [-0.25, -0.2) is 15.0 Å². The van der Waals surface area contributed by atoms with Crippen LogP contribution in [0.4, 0.5) is 13.2 Å². The molecule has 0 amide bonds. The minimum atomic E-state index is -4.47. The molecule has 3 heterocycles. The van der Waals surface area contributed by atoms with Gasteiger partial charge in [-0.3, -0.25) is 9.78 Å². The van der Waals surface area contributed by atoms with Crippen LogP contribution >= 0.6 is 0 Å². The second-order valence-electron chi connectivity index (χ2n) is 5.85. The third-order valence-electron chi connectivity index (χ3n) is 3.77. The van der Waals surface area contributed by atoms with Gasteiger partial charge in [0.15, 0.2) is 11.5 Å². The topological polar surface area (TPSA) is 77.9 Å². The molecule has 0 saturated heterocycles. The summed E-state index contributed by atoms with van der Waals surface area (Å²) in [5.74, 6) is 0.417. The minimum absolute atomic E-state index is 0.146. The number of aromatic nitrogens is 4. The number of alkyl halides is 3. The van der Waals surface area contributed by atoms with Crippen molar-refractivity contribution >= 4 is 5.78 Å². The number of halogens is 3. The molecule has 9 heteroatoms. The van der Waals surface area contributed by atoms with Crippen LogP contribution in [0.3, 0.4) is 0 Å². The molecule has 6 nitrogen and oxygen atoms in total. The molecular formula is C19H15F3N4O2. The Morgan fingerprint density at radius 3 is 2.39 bits per heavy atom. The SMILES string of the molecule is CCc1cc(Oc2cncnc2)cc(C(=O)Cc2ccc(C(F)(F)F)cn2)n1. The van der Waals surface area contributed by atoms with Gasteiger partial charge >= 0.3 is 6.18 Å². The summed E-state index contributed by atoms with van der Waals surface area (Å²) < 4.78 is 43.5. The van der Waals surface area contributed by atoms with Crippen molar-refractivity contribution in [3.8, 4) is 11.5 Å². The Morgan fingerprint density at radius 2 is 1.79 bits per heavy atom. The number of hydrogen-bond acceptors (Lipinski definition) is 6. The number of hydrogen-bond donors (Lipinski definition) is 0. The number of nitrogens with zero attached hydrogens (tertiary/aromatic N) is 4. The summed E-state index contributed by atoms with van der Waals surface area (Å²) in [5.41, 5.74) is 0.141. The molecule has 0 spiro atoms. The predicted octanol–water partition coefficient (Wildman–Crippen LogP) is 4.07. The standard InChI is InChI=1S/C19H15F3N4O2/c1-2-13-5-15(28-16-9-23-11-24-10-16)7-17(26-13)18(27)6-14-4-3-12(8-25-14)19(20,21)22/h3-5,7-11H,2,6H2,1H3. The average molecular weight is 388 g/mol. The van der Waals surface area contributed by atoms with Crippen molar-refractivity contribution in [2.75, 3.05) is 0 Å². The molecule has 0 fully saturated rings. The number of pyridine rings is 2. The fourth-order valence-corrected chi connectivity index (χ4v) is 2.37. The van der Waals surface area contributed by atoms with Gasteiger partial charge in [-0.15, -0.1) is 0 Å². The zero-order valence-electron chi connectivity index (χ0n) is 14.8. The number of carbonyl (C=O) groups is 1. The number of aryl methyl sites for hydroxylation is 1. The quantitative estimate of drug-likeness (QED) is 0.593. The van der Waals surface area contributed by atoms with E-state index in [1.807, 2.05) is 6.92 Å². The Bertz CT molecular complexity index is 961. The van der Waals surface area contributed by atoms with Crippen LogP contribution in [0.25, 0.3) is 0 Å². The minimum Gasteiger partial charge on any atom is -0.454 e. The van der Waals surface area contributed by atoms with Crippen LogP contribution in [0.2, 0.25) is 0 Å². The first-order valence-corrected chi connectivity index (χ1v) is 8.34. The zero-order valence-corrected chi connectivity index (χ0v) is 14.8. The van der Waals surface area contributed by atoms with E-state index in [1.54, 1.807) is 6.07 Å². The fourth-order valence-electron chi connectivity index (χ4n) is 2.37. The fraction of sp³-hybridized carbons (Fsp3) is 0.211. The molecule has 28 heavy (non-hydrogen) atoms. The Morgan fingerprint density at radius 1 is 1.04 bits per heavy atom. The first kappa shape index (κ1) is 19.4. The monoisotopic (exact) mass is 388 g/mol. The van der Waals surface area contributed by atoms with E-state index in [1.165, 1.54) is 30.9 Å². The Labute approximate surface area is 158 Å². The largest absolute Gasteiger partial charge is 0.454 e. The van der Waals surface area contributed by atoms with Crippen LogP contribution in [0.15, 0.2) is 49.2 Å². The van der Waals surface area contributed by atoms with Crippen LogP contribution in [-0.4, -0.2) is 25.7 Å². The number of carbonyl (C=O) groups excluding carboxylic acids is 1. The van der Waals surface area contributed by atoms with E-state index in [9.17, 15) is 18.0 Å². The van der Waals surface area contributed by atoms with E-state index in [4.69, 9.17) is 4.74 Å². The number of Topliss-reactive ketones (excluding diaryl/α,β-unsaturated/α-hetero) is 1. The lowest BCUT2D eigenvalue weighted by atomic mass is 10.1. The first-order valence-electron chi connectivity index (χ1n) is 8.34. The smallest absolute Gasteiger partial charge is 0.417 e. The van der Waals surface area contributed by atoms with Gasteiger partial charge in [0.1, 0.15) is 17.8 Å². The Hall–Kier alpha value is -3.36. The van der Waals surface area contributed by atoms with Crippen LogP contribution in [-0.2, 0) is 19.0 Å². The van der Waals surface area contributed by atoms with E-state index in [2.05, 4.69) is 19.9 Å². The van der Waals surface area contributed by atoms with Gasteiger partial charge in [0, 0.05) is 29.7 Å². The summed E-state index contributed by atoms with van der Waals surface area (Å²) >= 11 is 0. The summed E-state index contributed by atoms with van der Waals surface area (Å²) in [4.78, 5) is 28.3. The molecule has 0 N–H and O–H groups in total. The number of ketones is 1. The van der Waals surface area contributed by atoms with Gasteiger partial charge in [-0.2, -0.15) is 13.2 Å². The molecule has 3 rings (SSSR count). The Kier molecular flexibility index (Phi) is 5.62. The van der Waals surface area contributed by atoms with Crippen LogP contribution in [0.1, 0.15) is 34.4 Å². The van der Waals surface area contributed by atoms with E-state index in [0.29, 0.717) is 29.8 Å². The van der Waals surface area contributed by atoms with Crippen molar-refractivity contribution in [2.45, 2.75) is 25.9 Å². The van der Waals surface area contributed by atoms with Crippen molar-refractivity contribution in [1.82, 2.24) is 19.9 Å². The highest BCUT2D eigenvalue weighted by molar-refractivity contribution is 5.95. The molecule has 0 atom stereocenters. The summed E-state index contributed by atoms with van der Waals surface area (Å²) in [6.45, 7) is 1.88. The van der Waals surface area contributed by atoms with Gasteiger partial charge in [-0.1, -0.05) is 6.92 Å². The molecule has 0 aliphatic rings. The van der Waals surface area contributed by atoms with Crippen LogP contribution in [0.5, 0.6) is 11.5 Å². The van der Waals surface area contributed by atoms with Gasteiger partial charge in [-0.05, 0) is 18.6 Å². The lowest BCUT2D eigenvalue weighted by molar-refractivity contribution is -0.137. The molecule has 0 aliphatic carbocycles. The lowest BCUT2D eigenvalue weighted by Gasteiger charge is -2.09. The average Bonchev–Trinajstić information content (AvgIpc) is 2.68. The zero-order chi connectivity index (χ0) is 20.1. The van der Waals surface area contributed by atoms with Crippen molar-refractivity contribution in [1.29, 1.82) is 0 Å². The Balaban J connectivity index is 1.80. The highest BCUT2D eigenvalue weighted by atomic mass is 19.4. The molecule has 0 aliphatic heterocycles. The van der Waals surface area contributed by atoms with Gasteiger partial charge < -0.3 is 4.74 Å². The van der Waals surface area contributed by atoms with Gasteiger partial charge in [0.05, 0.1) is 24.4 Å². The van der Waals surface area contributed by atoms with E-state index in [0.717, 1.165) is 6.07 Å². The van der Waals surface area contributed by atoms with Crippen molar-refractivity contribution in [3.05, 3.63) is 71.8 Å². The van der Waals surface area contributed by atoms with E-state index < -0.39 is 11.7 Å².